The molecule has 0 aromatic heterocycles. The lowest BCUT2D eigenvalue weighted by atomic mass is 10.2. The molecule has 1 aromatic rings. The van der Waals surface area contributed by atoms with E-state index in [1.54, 1.807) is 7.11 Å². The first kappa shape index (κ1) is 16.9. The minimum atomic E-state index is 0.118. The van der Waals surface area contributed by atoms with Gasteiger partial charge >= 0.3 is 0 Å². The molecule has 0 atom stereocenters. The molecule has 1 aliphatic heterocycles. The average molecular weight is 305 g/mol. The van der Waals surface area contributed by atoms with Gasteiger partial charge in [-0.2, -0.15) is 0 Å². The lowest BCUT2D eigenvalue weighted by molar-refractivity contribution is -0.122. The van der Waals surface area contributed by atoms with Crippen LogP contribution in [0.15, 0.2) is 30.3 Å². The number of rotatable bonds is 8. The quantitative estimate of drug-likeness (QED) is 0.727. The van der Waals surface area contributed by atoms with Gasteiger partial charge in [0, 0.05) is 53.0 Å². The SMILES string of the molecule is COCCCNC(=O)CN1CCN(Cc2ccccc2)CC1. The van der Waals surface area contributed by atoms with E-state index in [0.29, 0.717) is 19.7 Å². The van der Waals surface area contributed by atoms with E-state index >= 15 is 0 Å². The Labute approximate surface area is 133 Å². The summed E-state index contributed by atoms with van der Waals surface area (Å²) < 4.78 is 4.97. The number of nitrogens with zero attached hydrogens (tertiary/aromatic N) is 2. The maximum atomic E-state index is 11.8. The molecule has 5 heteroatoms. The summed E-state index contributed by atoms with van der Waals surface area (Å²) in [6.07, 6.45) is 0.868. The molecule has 0 saturated carbocycles. The Morgan fingerprint density at radius 1 is 1.14 bits per heavy atom. The van der Waals surface area contributed by atoms with Crippen molar-refractivity contribution in [1.82, 2.24) is 15.1 Å². The number of hydrogen-bond donors (Lipinski definition) is 1. The average Bonchev–Trinajstić information content (AvgIpc) is 2.54. The summed E-state index contributed by atoms with van der Waals surface area (Å²) in [5.74, 6) is 0.118. The van der Waals surface area contributed by atoms with Crippen molar-refractivity contribution in [1.29, 1.82) is 0 Å². The van der Waals surface area contributed by atoms with Crippen molar-refractivity contribution in [2.45, 2.75) is 13.0 Å². The highest BCUT2D eigenvalue weighted by molar-refractivity contribution is 5.77. The number of methoxy groups -OCH3 is 1. The van der Waals surface area contributed by atoms with Crippen LogP contribution in [0.5, 0.6) is 0 Å². The topological polar surface area (TPSA) is 44.8 Å². The highest BCUT2D eigenvalue weighted by atomic mass is 16.5. The van der Waals surface area contributed by atoms with Crippen LogP contribution in [0, 0.1) is 0 Å². The maximum Gasteiger partial charge on any atom is 0.234 e. The van der Waals surface area contributed by atoms with Crippen LogP contribution in [0.2, 0.25) is 0 Å². The number of carbonyl (C=O) groups excluding carboxylic acids is 1. The second-order valence-electron chi connectivity index (χ2n) is 5.73. The van der Waals surface area contributed by atoms with Gasteiger partial charge in [-0.1, -0.05) is 30.3 Å². The fourth-order valence-corrected chi connectivity index (χ4v) is 2.65. The number of benzene rings is 1. The first-order valence-electron chi connectivity index (χ1n) is 8.02. The minimum absolute atomic E-state index is 0.118. The molecule has 122 valence electrons. The van der Waals surface area contributed by atoms with Gasteiger partial charge in [0.05, 0.1) is 6.54 Å². The molecule has 0 unspecified atom stereocenters. The standard InChI is InChI=1S/C17H27N3O2/c1-22-13-5-8-18-17(21)15-20-11-9-19(10-12-20)14-16-6-3-2-4-7-16/h2-4,6-7H,5,8-15H2,1H3,(H,18,21). The third-order valence-corrected chi connectivity index (χ3v) is 3.93. The van der Waals surface area contributed by atoms with E-state index < -0.39 is 0 Å². The summed E-state index contributed by atoms with van der Waals surface area (Å²) in [6.45, 7) is 6.84. The van der Waals surface area contributed by atoms with Crippen molar-refractivity contribution in [3.8, 4) is 0 Å². The Kier molecular flexibility index (Phi) is 7.36. The highest BCUT2D eigenvalue weighted by Gasteiger charge is 2.18. The lowest BCUT2D eigenvalue weighted by Gasteiger charge is -2.34. The number of ether oxygens (including phenoxy) is 1. The normalized spacial score (nSPS) is 16.6. The number of carbonyl (C=O) groups is 1. The molecule has 1 aliphatic rings. The number of piperazine rings is 1. The van der Waals surface area contributed by atoms with Gasteiger partial charge in [-0.3, -0.25) is 14.6 Å². The van der Waals surface area contributed by atoms with Crippen molar-refractivity contribution < 1.29 is 9.53 Å². The van der Waals surface area contributed by atoms with Crippen LogP contribution in [-0.2, 0) is 16.1 Å². The Hall–Kier alpha value is -1.43. The second kappa shape index (κ2) is 9.56. The van der Waals surface area contributed by atoms with Crippen LogP contribution in [-0.4, -0.2) is 68.7 Å². The molecule has 1 saturated heterocycles. The first-order chi connectivity index (χ1) is 10.8. The van der Waals surface area contributed by atoms with Crippen LogP contribution >= 0.6 is 0 Å². The van der Waals surface area contributed by atoms with Gasteiger partial charge in [-0.05, 0) is 12.0 Å². The summed E-state index contributed by atoms with van der Waals surface area (Å²) in [7, 11) is 1.68. The van der Waals surface area contributed by atoms with Crippen molar-refractivity contribution in [3.63, 3.8) is 0 Å². The summed E-state index contributed by atoms with van der Waals surface area (Å²) in [4.78, 5) is 16.5. The van der Waals surface area contributed by atoms with E-state index in [1.807, 2.05) is 6.07 Å². The summed E-state index contributed by atoms with van der Waals surface area (Å²) >= 11 is 0. The molecule has 0 aliphatic carbocycles. The van der Waals surface area contributed by atoms with Crippen LogP contribution in [0.25, 0.3) is 0 Å². The van der Waals surface area contributed by atoms with E-state index in [1.165, 1.54) is 5.56 Å². The monoisotopic (exact) mass is 305 g/mol. The fraction of sp³-hybridized carbons (Fsp3) is 0.588. The summed E-state index contributed by atoms with van der Waals surface area (Å²) in [6, 6.07) is 10.5. The summed E-state index contributed by atoms with van der Waals surface area (Å²) in [5.41, 5.74) is 1.35. The number of amides is 1. The maximum absolute atomic E-state index is 11.8. The smallest absolute Gasteiger partial charge is 0.234 e. The van der Waals surface area contributed by atoms with Gasteiger partial charge < -0.3 is 10.1 Å². The molecule has 0 spiro atoms. The zero-order valence-corrected chi connectivity index (χ0v) is 13.5. The van der Waals surface area contributed by atoms with Crippen LogP contribution in [0.1, 0.15) is 12.0 Å². The molecule has 1 heterocycles. The Bertz CT molecular complexity index is 431. The van der Waals surface area contributed by atoms with E-state index in [9.17, 15) is 4.79 Å². The molecular formula is C17H27N3O2. The third-order valence-electron chi connectivity index (χ3n) is 3.93. The zero-order valence-electron chi connectivity index (χ0n) is 13.5. The predicted molar refractivity (Wildman–Crippen MR) is 87.7 cm³/mol. The molecule has 22 heavy (non-hydrogen) atoms. The fourth-order valence-electron chi connectivity index (χ4n) is 2.65. The Balaban J connectivity index is 1.61. The molecule has 2 rings (SSSR count). The van der Waals surface area contributed by atoms with Crippen LogP contribution in [0.4, 0.5) is 0 Å². The molecule has 0 bridgehead atoms. The molecule has 1 N–H and O–H groups in total. The van der Waals surface area contributed by atoms with Gasteiger partial charge in [0.1, 0.15) is 0 Å². The minimum Gasteiger partial charge on any atom is -0.385 e. The van der Waals surface area contributed by atoms with Crippen LogP contribution in [0.3, 0.4) is 0 Å². The van der Waals surface area contributed by atoms with Gasteiger partial charge in [-0.15, -0.1) is 0 Å². The number of nitrogens with one attached hydrogen (secondary N) is 1. The van der Waals surface area contributed by atoms with Crippen molar-refractivity contribution >= 4 is 5.91 Å². The van der Waals surface area contributed by atoms with Gasteiger partial charge in [0.2, 0.25) is 5.91 Å². The van der Waals surface area contributed by atoms with E-state index in [0.717, 1.165) is 39.1 Å². The number of hydrogen-bond acceptors (Lipinski definition) is 4. The Morgan fingerprint density at radius 3 is 2.50 bits per heavy atom. The lowest BCUT2D eigenvalue weighted by Crippen LogP contribution is -2.49. The zero-order chi connectivity index (χ0) is 15.6. The van der Waals surface area contributed by atoms with Crippen LogP contribution < -0.4 is 5.32 Å². The predicted octanol–water partition coefficient (Wildman–Crippen LogP) is 0.957. The molecule has 0 radical (unpaired) electrons. The highest BCUT2D eigenvalue weighted by Crippen LogP contribution is 2.08. The molecule has 1 aromatic carbocycles. The molecular weight excluding hydrogens is 278 g/mol. The van der Waals surface area contributed by atoms with Gasteiger partial charge in [0.25, 0.3) is 0 Å². The Morgan fingerprint density at radius 2 is 1.82 bits per heavy atom. The van der Waals surface area contributed by atoms with E-state index in [4.69, 9.17) is 4.74 Å². The third kappa shape index (κ3) is 6.13. The molecule has 5 nitrogen and oxygen atoms in total. The first-order valence-corrected chi connectivity index (χ1v) is 8.02. The van der Waals surface area contributed by atoms with Crippen molar-refractivity contribution in [3.05, 3.63) is 35.9 Å². The second-order valence-corrected chi connectivity index (χ2v) is 5.73. The van der Waals surface area contributed by atoms with E-state index in [-0.39, 0.29) is 5.91 Å². The van der Waals surface area contributed by atoms with E-state index in [2.05, 4.69) is 39.4 Å². The van der Waals surface area contributed by atoms with Crippen molar-refractivity contribution in [2.24, 2.45) is 0 Å². The molecule has 1 amide bonds. The van der Waals surface area contributed by atoms with Gasteiger partial charge in [-0.25, -0.2) is 0 Å². The van der Waals surface area contributed by atoms with Crippen molar-refractivity contribution in [2.75, 3.05) is 53.0 Å². The molecule has 1 fully saturated rings. The summed E-state index contributed by atoms with van der Waals surface area (Å²) in [5, 5.41) is 2.94. The van der Waals surface area contributed by atoms with Gasteiger partial charge in [0.15, 0.2) is 0 Å². The largest absolute Gasteiger partial charge is 0.385 e.